The number of hydrogen-bond donors (Lipinski definition) is 2. The molecule has 10 heteroatoms. The monoisotopic (exact) mass is 692 g/mol. The van der Waals surface area contributed by atoms with Gasteiger partial charge in [-0.2, -0.15) is 0 Å². The number of fused-ring (bicyclic) bond motifs is 20. The zero-order chi connectivity index (χ0) is 32.5. The number of ether oxygens (including phenoxy) is 1. The van der Waals surface area contributed by atoms with Crippen molar-refractivity contribution in [3.63, 3.8) is 0 Å². The fraction of sp³-hybridized carbons (Fsp3) is 0.179. The molecule has 0 amide bonds. The quantitative estimate of drug-likeness (QED) is 0.177. The minimum Gasteiger partial charge on any atom is -0.489 e. The van der Waals surface area contributed by atoms with Crippen LogP contribution in [0.2, 0.25) is 0 Å². The van der Waals surface area contributed by atoms with Gasteiger partial charge in [0.15, 0.2) is 23.3 Å². The number of aromatic amines is 2. The van der Waals surface area contributed by atoms with Gasteiger partial charge in [-0.05, 0) is 17.9 Å². The van der Waals surface area contributed by atoms with Crippen LogP contribution in [0.5, 0.6) is 5.75 Å². The summed E-state index contributed by atoms with van der Waals surface area (Å²) in [5.74, 6) is 3.66. The second-order valence-corrected chi connectivity index (χ2v) is 13.0. The number of rotatable bonds is 4. The Labute approximate surface area is 295 Å². The molecule has 0 spiro atoms. The second-order valence-electron chi connectivity index (χ2n) is 13.0. The number of benzene rings is 4. The SMILES string of the molecule is CC(C)C(Oc1cccc2c3nc4nc(nc5[nH]c(nc6nc(nc([nH]3)c12)-c1ccccc1-6)c1ccccc51)-c1ccccc1-4)C(C)C.[Zn]. The summed E-state index contributed by atoms with van der Waals surface area (Å²) in [6, 6.07) is 30.3. The molecule has 0 radical (unpaired) electrons. The van der Waals surface area contributed by atoms with E-state index in [-0.39, 0.29) is 25.6 Å². The van der Waals surface area contributed by atoms with Crippen LogP contribution < -0.4 is 4.74 Å². The first kappa shape index (κ1) is 31.0. The van der Waals surface area contributed by atoms with E-state index >= 15 is 0 Å². The maximum atomic E-state index is 6.78. The predicted molar refractivity (Wildman–Crippen MR) is 190 cm³/mol. The van der Waals surface area contributed by atoms with Gasteiger partial charge in [-0.1, -0.05) is 113 Å². The molecular formula is C39H32N8OZn. The van der Waals surface area contributed by atoms with E-state index in [0.717, 1.165) is 49.5 Å². The maximum Gasteiger partial charge on any atom is 0.164 e. The summed E-state index contributed by atoms with van der Waals surface area (Å²) in [5, 5.41) is 3.61. The molecule has 4 aromatic carbocycles. The van der Waals surface area contributed by atoms with Gasteiger partial charge in [0, 0.05) is 57.9 Å². The van der Waals surface area contributed by atoms with Gasteiger partial charge in [-0.15, -0.1) is 0 Å². The molecule has 0 fully saturated rings. The van der Waals surface area contributed by atoms with E-state index in [2.05, 4.69) is 37.7 Å². The Hall–Kier alpha value is -5.34. The van der Waals surface area contributed by atoms with E-state index in [1.807, 2.05) is 91.0 Å². The van der Waals surface area contributed by atoms with Crippen LogP contribution in [0.4, 0.5) is 0 Å². The van der Waals surface area contributed by atoms with Crippen LogP contribution in [0, 0.1) is 11.8 Å². The van der Waals surface area contributed by atoms with E-state index < -0.39 is 0 Å². The average Bonchev–Trinajstić information content (AvgIpc) is 3.83. The zero-order valence-electron chi connectivity index (χ0n) is 27.7. The number of nitrogens with zero attached hydrogens (tertiary/aromatic N) is 6. The van der Waals surface area contributed by atoms with Crippen molar-refractivity contribution >= 4 is 44.1 Å². The number of H-pyrrole nitrogens is 2. The third-order valence-corrected chi connectivity index (χ3v) is 9.12. The maximum absolute atomic E-state index is 6.78. The fourth-order valence-corrected chi connectivity index (χ4v) is 6.95. The van der Waals surface area contributed by atoms with E-state index in [0.29, 0.717) is 57.7 Å². The molecular weight excluding hydrogens is 662 g/mol. The minimum atomic E-state index is 0. The Morgan fingerprint density at radius 3 is 1.31 bits per heavy atom. The van der Waals surface area contributed by atoms with Crippen LogP contribution in [0.1, 0.15) is 27.7 Å². The zero-order valence-corrected chi connectivity index (χ0v) is 30.7. The van der Waals surface area contributed by atoms with Gasteiger partial charge in [0.2, 0.25) is 0 Å². The Bertz CT molecular complexity index is 2580. The van der Waals surface area contributed by atoms with Gasteiger partial charge in [0.1, 0.15) is 34.4 Å². The summed E-state index contributed by atoms with van der Waals surface area (Å²) in [4.78, 5) is 37.5. The predicted octanol–water partition coefficient (Wildman–Crippen LogP) is 8.93. The molecule has 0 saturated carbocycles. The van der Waals surface area contributed by atoms with Gasteiger partial charge in [-0.25, -0.2) is 29.9 Å². The van der Waals surface area contributed by atoms with Crippen LogP contribution in [0.3, 0.4) is 0 Å². The van der Waals surface area contributed by atoms with Crippen LogP contribution in [-0.4, -0.2) is 46.0 Å². The summed E-state index contributed by atoms with van der Waals surface area (Å²) in [6.45, 7) is 8.76. The molecule has 5 heterocycles. The van der Waals surface area contributed by atoms with Crippen LogP contribution in [-0.2, 0) is 19.5 Å². The van der Waals surface area contributed by atoms with Gasteiger partial charge in [0.05, 0.1) is 5.39 Å². The molecule has 0 atom stereocenters. The standard InChI is InChI=1S/C39H32N8O.Zn/c1-20(2)31(21(3)4)48-29-19-11-18-28-30(29)39-46-37-27-17-10-9-16-26(27)35(44-37)42-33-23-13-6-5-12-22(23)32(40-33)41-34-24-14-7-8-15-25(24)36(43-34)45-38(28)47-39;/h5-21,31H,1-4H3,(H2,40,41,42,43,44,45,46,47);. The Balaban J connectivity index is 0.00000348. The third kappa shape index (κ3) is 5.10. The molecule has 236 valence electrons. The summed E-state index contributed by atoms with van der Waals surface area (Å²) < 4.78 is 6.78. The van der Waals surface area contributed by atoms with Crippen molar-refractivity contribution < 1.29 is 24.2 Å². The second kappa shape index (κ2) is 12.0. The van der Waals surface area contributed by atoms with Crippen molar-refractivity contribution in [2.45, 2.75) is 33.8 Å². The molecule has 0 saturated heterocycles. The average molecular weight is 694 g/mol. The first-order valence-corrected chi connectivity index (χ1v) is 16.3. The Kier molecular flexibility index (Phi) is 7.56. The van der Waals surface area contributed by atoms with Gasteiger partial charge >= 0.3 is 0 Å². The van der Waals surface area contributed by atoms with Crippen molar-refractivity contribution in [3.8, 4) is 51.3 Å². The number of aromatic nitrogens is 8. The molecule has 3 aromatic heterocycles. The van der Waals surface area contributed by atoms with Crippen molar-refractivity contribution in [3.05, 3.63) is 91.0 Å². The smallest absolute Gasteiger partial charge is 0.164 e. The van der Waals surface area contributed by atoms with E-state index in [1.54, 1.807) is 0 Å². The summed E-state index contributed by atoms with van der Waals surface area (Å²) in [7, 11) is 0. The van der Waals surface area contributed by atoms with Crippen LogP contribution in [0.25, 0.3) is 89.7 Å². The summed E-state index contributed by atoms with van der Waals surface area (Å²) in [5.41, 5.74) is 6.21. The molecule has 2 aliphatic heterocycles. The van der Waals surface area contributed by atoms with Gasteiger partial charge in [-0.3, -0.25) is 0 Å². The molecule has 49 heavy (non-hydrogen) atoms. The molecule has 0 unspecified atom stereocenters. The van der Waals surface area contributed by atoms with E-state index in [9.17, 15) is 0 Å². The Morgan fingerprint density at radius 1 is 0.449 bits per heavy atom. The molecule has 2 aliphatic rings. The summed E-state index contributed by atoms with van der Waals surface area (Å²) in [6.07, 6.45) is 0.00816. The molecule has 2 N–H and O–H groups in total. The third-order valence-electron chi connectivity index (χ3n) is 9.12. The molecule has 9 nitrogen and oxygen atoms in total. The normalized spacial score (nSPS) is 12.1. The number of hydrogen-bond acceptors (Lipinski definition) is 7. The van der Waals surface area contributed by atoms with Gasteiger partial charge in [0.25, 0.3) is 0 Å². The first-order chi connectivity index (χ1) is 23.4. The molecule has 7 aromatic rings. The fourth-order valence-electron chi connectivity index (χ4n) is 6.95. The summed E-state index contributed by atoms with van der Waals surface area (Å²) >= 11 is 0. The topological polar surface area (TPSA) is 118 Å². The van der Waals surface area contributed by atoms with Gasteiger partial charge < -0.3 is 14.7 Å². The van der Waals surface area contributed by atoms with Crippen LogP contribution in [0.15, 0.2) is 91.0 Å². The van der Waals surface area contributed by atoms with Crippen LogP contribution >= 0.6 is 0 Å². The van der Waals surface area contributed by atoms with E-state index in [1.165, 1.54) is 0 Å². The minimum absolute atomic E-state index is 0. The largest absolute Gasteiger partial charge is 0.489 e. The molecule has 8 bridgehead atoms. The van der Waals surface area contributed by atoms with E-state index in [4.69, 9.17) is 34.6 Å². The first-order valence-electron chi connectivity index (χ1n) is 16.3. The van der Waals surface area contributed by atoms with Crippen molar-refractivity contribution in [2.24, 2.45) is 11.8 Å². The van der Waals surface area contributed by atoms with Crippen molar-refractivity contribution in [2.75, 3.05) is 0 Å². The molecule has 9 rings (SSSR count). The Morgan fingerprint density at radius 2 is 0.837 bits per heavy atom. The van der Waals surface area contributed by atoms with Crippen molar-refractivity contribution in [1.82, 2.24) is 39.9 Å². The number of nitrogens with one attached hydrogen (secondary N) is 2. The van der Waals surface area contributed by atoms with Crippen molar-refractivity contribution in [1.29, 1.82) is 0 Å². The molecule has 0 aliphatic carbocycles.